The fourth-order valence-electron chi connectivity index (χ4n) is 4.34. The molecule has 5 nitrogen and oxygen atoms in total. The van der Waals surface area contributed by atoms with Crippen LogP contribution in [0.25, 0.3) is 10.9 Å². The number of aromatic amines is 1. The standard InChI is InChI=1S/C21H22N2O3/c1-3-13(12-24)16-10-19-20-15(14-6-4-5-7-18(14)22-20)8-9-23(19)11-17(16)21(25)26-2/h3-7,11-12,16,19,22H,8-10H2,1-2H3/b13-3-/t16-,19+/m1/s1. The molecule has 1 aromatic heterocycles. The van der Waals surface area contributed by atoms with Crippen molar-refractivity contribution < 1.29 is 14.3 Å². The molecule has 2 aromatic rings. The Labute approximate surface area is 152 Å². The molecular weight excluding hydrogens is 328 g/mol. The smallest absolute Gasteiger partial charge is 0.335 e. The van der Waals surface area contributed by atoms with Crippen LogP contribution in [0, 0.1) is 5.92 Å². The third-order valence-corrected chi connectivity index (χ3v) is 5.63. The summed E-state index contributed by atoms with van der Waals surface area (Å²) < 4.78 is 4.97. The first-order chi connectivity index (χ1) is 12.7. The number of hydrogen-bond acceptors (Lipinski definition) is 4. The number of methoxy groups -OCH3 is 1. The number of rotatable bonds is 3. The second-order valence-corrected chi connectivity index (χ2v) is 6.84. The van der Waals surface area contributed by atoms with Crippen molar-refractivity contribution in [3.63, 3.8) is 0 Å². The Morgan fingerprint density at radius 2 is 2.15 bits per heavy atom. The molecule has 26 heavy (non-hydrogen) atoms. The number of carbonyl (C=O) groups is 2. The van der Waals surface area contributed by atoms with Crippen molar-refractivity contribution in [3.8, 4) is 0 Å². The van der Waals surface area contributed by atoms with Gasteiger partial charge in [-0.15, -0.1) is 0 Å². The van der Waals surface area contributed by atoms with Crippen LogP contribution in [0.3, 0.4) is 0 Å². The fraction of sp³-hybridized carbons (Fsp3) is 0.333. The second kappa shape index (κ2) is 6.48. The van der Waals surface area contributed by atoms with E-state index in [9.17, 15) is 9.59 Å². The largest absolute Gasteiger partial charge is 0.466 e. The molecule has 3 heterocycles. The number of ether oxygens (including phenoxy) is 1. The average Bonchev–Trinajstić information content (AvgIpc) is 3.07. The number of para-hydroxylation sites is 1. The molecule has 0 amide bonds. The number of allylic oxidation sites excluding steroid dienone is 2. The lowest BCUT2D eigenvalue weighted by Crippen LogP contribution is -2.38. The molecule has 0 radical (unpaired) electrons. The number of hydrogen-bond donors (Lipinski definition) is 1. The summed E-state index contributed by atoms with van der Waals surface area (Å²) in [6.45, 7) is 2.68. The zero-order valence-corrected chi connectivity index (χ0v) is 15.0. The molecule has 0 unspecified atom stereocenters. The minimum absolute atomic E-state index is 0.124. The van der Waals surface area contributed by atoms with Crippen molar-refractivity contribution in [3.05, 3.63) is 58.9 Å². The van der Waals surface area contributed by atoms with Gasteiger partial charge in [0.25, 0.3) is 0 Å². The first-order valence-electron chi connectivity index (χ1n) is 8.94. The lowest BCUT2D eigenvalue weighted by Gasteiger charge is -2.41. The summed E-state index contributed by atoms with van der Waals surface area (Å²) in [5.74, 6) is -0.611. The summed E-state index contributed by atoms with van der Waals surface area (Å²) in [6.07, 6.45) is 6.14. The molecule has 0 saturated carbocycles. The zero-order chi connectivity index (χ0) is 18.3. The van der Waals surface area contributed by atoms with Gasteiger partial charge in [-0.05, 0) is 37.0 Å². The van der Waals surface area contributed by atoms with E-state index >= 15 is 0 Å². The van der Waals surface area contributed by atoms with Gasteiger partial charge < -0.3 is 14.6 Å². The predicted octanol–water partition coefficient (Wildman–Crippen LogP) is 3.29. The predicted molar refractivity (Wildman–Crippen MR) is 99.5 cm³/mol. The van der Waals surface area contributed by atoms with Gasteiger partial charge in [-0.2, -0.15) is 0 Å². The normalized spacial score (nSPS) is 22.5. The number of benzene rings is 1. The topological polar surface area (TPSA) is 62.4 Å². The zero-order valence-electron chi connectivity index (χ0n) is 15.0. The van der Waals surface area contributed by atoms with Gasteiger partial charge in [-0.1, -0.05) is 24.3 Å². The number of fused-ring (bicyclic) bond motifs is 5. The Morgan fingerprint density at radius 3 is 2.88 bits per heavy atom. The van der Waals surface area contributed by atoms with Crippen LogP contribution in [0.4, 0.5) is 0 Å². The monoisotopic (exact) mass is 350 g/mol. The van der Waals surface area contributed by atoms with E-state index in [-0.39, 0.29) is 17.9 Å². The number of nitrogens with zero attached hydrogens (tertiary/aromatic N) is 1. The quantitative estimate of drug-likeness (QED) is 0.524. The third-order valence-electron chi connectivity index (χ3n) is 5.63. The Hall–Kier alpha value is -2.82. The van der Waals surface area contributed by atoms with Crippen LogP contribution in [-0.2, 0) is 20.7 Å². The van der Waals surface area contributed by atoms with Crippen LogP contribution in [0.1, 0.15) is 30.6 Å². The highest BCUT2D eigenvalue weighted by molar-refractivity contribution is 5.92. The molecule has 0 fully saturated rings. The molecule has 1 aromatic carbocycles. The molecule has 0 bridgehead atoms. The SMILES string of the molecule is C/C=C(/C=O)[C@H]1C[C@H]2c3[nH]c4ccccc4c3CCN2C=C1C(=O)OC. The van der Waals surface area contributed by atoms with Gasteiger partial charge in [0.05, 0.1) is 18.7 Å². The van der Waals surface area contributed by atoms with Crippen molar-refractivity contribution in [1.29, 1.82) is 0 Å². The fourth-order valence-corrected chi connectivity index (χ4v) is 4.34. The van der Waals surface area contributed by atoms with E-state index in [0.717, 1.165) is 24.8 Å². The van der Waals surface area contributed by atoms with Crippen molar-refractivity contribution in [2.75, 3.05) is 13.7 Å². The molecule has 4 rings (SSSR count). The summed E-state index contributed by atoms with van der Waals surface area (Å²) in [5.41, 5.74) is 4.88. The molecule has 134 valence electrons. The highest BCUT2D eigenvalue weighted by Gasteiger charge is 2.39. The number of aldehydes is 1. The van der Waals surface area contributed by atoms with Crippen molar-refractivity contribution >= 4 is 23.2 Å². The lowest BCUT2D eigenvalue weighted by atomic mass is 9.80. The highest BCUT2D eigenvalue weighted by Crippen LogP contribution is 2.44. The van der Waals surface area contributed by atoms with Crippen molar-refractivity contribution in [1.82, 2.24) is 9.88 Å². The van der Waals surface area contributed by atoms with Gasteiger partial charge in [-0.3, -0.25) is 4.79 Å². The molecule has 0 spiro atoms. The third kappa shape index (κ3) is 2.46. The molecule has 2 aliphatic rings. The maximum atomic E-state index is 12.3. The van der Waals surface area contributed by atoms with Gasteiger partial charge in [0.1, 0.15) is 6.29 Å². The summed E-state index contributed by atoms with van der Waals surface area (Å²) in [4.78, 5) is 29.7. The Bertz CT molecular complexity index is 938. The van der Waals surface area contributed by atoms with E-state index < -0.39 is 0 Å². The molecule has 0 saturated heterocycles. The molecule has 5 heteroatoms. The Kier molecular flexibility index (Phi) is 4.15. The minimum atomic E-state index is -0.364. The first-order valence-corrected chi connectivity index (χ1v) is 8.94. The van der Waals surface area contributed by atoms with E-state index in [1.807, 2.05) is 19.2 Å². The van der Waals surface area contributed by atoms with Gasteiger partial charge in [0, 0.05) is 35.3 Å². The van der Waals surface area contributed by atoms with Crippen molar-refractivity contribution in [2.45, 2.75) is 25.8 Å². The molecule has 2 aliphatic heterocycles. The summed E-state index contributed by atoms with van der Waals surface area (Å²) in [6, 6.07) is 8.47. The van der Waals surface area contributed by atoms with E-state index in [2.05, 4.69) is 28.1 Å². The van der Waals surface area contributed by atoms with E-state index in [0.29, 0.717) is 17.6 Å². The van der Waals surface area contributed by atoms with E-state index in [1.165, 1.54) is 23.8 Å². The molecular formula is C21H22N2O3. The number of nitrogens with one attached hydrogen (secondary N) is 1. The van der Waals surface area contributed by atoms with Gasteiger partial charge in [0.2, 0.25) is 0 Å². The molecule has 0 aliphatic carbocycles. The molecule has 2 atom stereocenters. The number of esters is 1. The highest BCUT2D eigenvalue weighted by atomic mass is 16.5. The Balaban J connectivity index is 1.82. The molecule has 1 N–H and O–H groups in total. The Morgan fingerprint density at radius 1 is 1.35 bits per heavy atom. The van der Waals surface area contributed by atoms with Crippen LogP contribution in [0.5, 0.6) is 0 Å². The number of carbonyl (C=O) groups excluding carboxylic acids is 2. The lowest BCUT2D eigenvalue weighted by molar-refractivity contribution is -0.137. The number of aromatic nitrogens is 1. The summed E-state index contributed by atoms with van der Waals surface area (Å²) in [5, 5.41) is 1.27. The van der Waals surface area contributed by atoms with Crippen LogP contribution >= 0.6 is 0 Å². The van der Waals surface area contributed by atoms with Gasteiger partial charge >= 0.3 is 5.97 Å². The minimum Gasteiger partial charge on any atom is -0.466 e. The maximum Gasteiger partial charge on any atom is 0.335 e. The van der Waals surface area contributed by atoms with Crippen LogP contribution in [0.2, 0.25) is 0 Å². The second-order valence-electron chi connectivity index (χ2n) is 6.84. The van der Waals surface area contributed by atoms with E-state index in [1.54, 1.807) is 6.08 Å². The summed E-state index contributed by atoms with van der Waals surface area (Å²) >= 11 is 0. The van der Waals surface area contributed by atoms with Gasteiger partial charge in [-0.25, -0.2) is 4.79 Å². The maximum absolute atomic E-state index is 12.3. The average molecular weight is 350 g/mol. The van der Waals surface area contributed by atoms with E-state index in [4.69, 9.17) is 4.74 Å². The van der Waals surface area contributed by atoms with Crippen LogP contribution in [0.15, 0.2) is 47.7 Å². The van der Waals surface area contributed by atoms with Crippen LogP contribution < -0.4 is 0 Å². The van der Waals surface area contributed by atoms with Crippen LogP contribution in [-0.4, -0.2) is 35.8 Å². The first kappa shape index (κ1) is 16.6. The number of H-pyrrole nitrogens is 1. The van der Waals surface area contributed by atoms with Crippen molar-refractivity contribution in [2.24, 2.45) is 5.92 Å². The van der Waals surface area contributed by atoms with Gasteiger partial charge in [0.15, 0.2) is 0 Å². The summed E-state index contributed by atoms with van der Waals surface area (Å²) in [7, 11) is 1.38.